The number of nitrogens with zero attached hydrogens (tertiary/aromatic N) is 2. The summed E-state index contributed by atoms with van der Waals surface area (Å²) < 4.78 is 12.5. The van der Waals surface area contributed by atoms with E-state index >= 15 is 0 Å². The maximum Gasteiger partial charge on any atom is 0.244 e. The first-order valence-electron chi connectivity index (χ1n) is 7.35. The van der Waals surface area contributed by atoms with Gasteiger partial charge in [-0.15, -0.1) is 0 Å². The number of ether oxygens (including phenoxy) is 2. The van der Waals surface area contributed by atoms with E-state index in [1.165, 1.54) is 14.2 Å². The molecule has 1 aromatic heterocycles. The van der Waals surface area contributed by atoms with E-state index in [4.69, 9.17) is 33.3 Å². The number of H-pyrrole nitrogens is 1. The van der Waals surface area contributed by atoms with Crippen LogP contribution in [0.5, 0.6) is 11.5 Å². The molecule has 130 valence electrons. The minimum atomic E-state index is -0.260. The fraction of sp³-hybridized carbons (Fsp3) is 0.400. The zero-order chi connectivity index (χ0) is 17.7. The molecule has 0 saturated carbocycles. The van der Waals surface area contributed by atoms with Crippen molar-refractivity contribution in [3.63, 3.8) is 0 Å². The molecule has 0 unspecified atom stereocenters. The average Bonchev–Trinajstić information content (AvgIpc) is 2.88. The van der Waals surface area contributed by atoms with E-state index in [0.717, 1.165) is 18.7 Å². The van der Waals surface area contributed by atoms with Crippen molar-refractivity contribution in [1.29, 1.82) is 0 Å². The second-order valence-electron chi connectivity index (χ2n) is 5.02. The van der Waals surface area contributed by atoms with Crippen molar-refractivity contribution in [3.8, 4) is 11.5 Å². The van der Waals surface area contributed by atoms with E-state index in [1.807, 2.05) is 6.92 Å². The lowest BCUT2D eigenvalue weighted by Gasteiger charge is -2.13. The van der Waals surface area contributed by atoms with Gasteiger partial charge >= 0.3 is 0 Å². The number of hydrogen-bond donors (Lipinski definition) is 2. The van der Waals surface area contributed by atoms with Crippen LogP contribution in [-0.4, -0.2) is 34.9 Å². The molecule has 0 aliphatic carbocycles. The van der Waals surface area contributed by atoms with Gasteiger partial charge in [-0.1, -0.05) is 18.5 Å². The SMILES string of the molecule is CCCc1n[nH]c(=S)n1CC(=O)Nc1cc(Cl)c(OC)cc1OC. The Labute approximate surface area is 149 Å². The number of nitrogens with one attached hydrogen (secondary N) is 2. The standard InChI is InChI=1S/C15H19ClN4O3S/c1-4-5-13-18-19-15(24)20(13)8-14(21)17-10-6-9(16)11(22-2)7-12(10)23-3/h6-7H,4-5,8H2,1-3H3,(H,17,21)(H,19,24). The summed E-state index contributed by atoms with van der Waals surface area (Å²) in [6, 6.07) is 3.20. The molecule has 0 aliphatic rings. The third kappa shape index (κ3) is 4.07. The third-order valence-electron chi connectivity index (χ3n) is 3.36. The van der Waals surface area contributed by atoms with Crippen molar-refractivity contribution in [2.45, 2.75) is 26.3 Å². The van der Waals surface area contributed by atoms with Crippen LogP contribution in [0.2, 0.25) is 5.02 Å². The van der Waals surface area contributed by atoms with Gasteiger partial charge in [0.25, 0.3) is 0 Å². The van der Waals surface area contributed by atoms with Gasteiger partial charge in [0.05, 0.1) is 24.9 Å². The monoisotopic (exact) mass is 370 g/mol. The summed E-state index contributed by atoms with van der Waals surface area (Å²) >= 11 is 11.3. The van der Waals surface area contributed by atoms with Crippen molar-refractivity contribution in [1.82, 2.24) is 14.8 Å². The first kappa shape index (κ1) is 18.3. The molecule has 2 N–H and O–H groups in total. The van der Waals surface area contributed by atoms with E-state index in [2.05, 4.69) is 15.5 Å². The lowest BCUT2D eigenvalue weighted by atomic mass is 10.2. The highest BCUT2D eigenvalue weighted by Gasteiger charge is 2.14. The molecule has 0 atom stereocenters. The lowest BCUT2D eigenvalue weighted by molar-refractivity contribution is -0.116. The smallest absolute Gasteiger partial charge is 0.244 e. The Balaban J connectivity index is 2.20. The Bertz CT molecular complexity index is 788. The second-order valence-corrected chi connectivity index (χ2v) is 5.81. The van der Waals surface area contributed by atoms with Gasteiger partial charge in [-0.3, -0.25) is 14.5 Å². The van der Waals surface area contributed by atoms with Crippen LogP contribution in [0, 0.1) is 4.77 Å². The largest absolute Gasteiger partial charge is 0.495 e. The highest BCUT2D eigenvalue weighted by atomic mass is 35.5. The molecule has 24 heavy (non-hydrogen) atoms. The molecule has 0 spiro atoms. The number of aromatic nitrogens is 3. The van der Waals surface area contributed by atoms with E-state index in [-0.39, 0.29) is 12.5 Å². The fourth-order valence-electron chi connectivity index (χ4n) is 2.22. The number of rotatable bonds is 7. The summed E-state index contributed by atoms with van der Waals surface area (Å²) in [4.78, 5) is 12.4. The molecule has 0 fully saturated rings. The topological polar surface area (TPSA) is 81.2 Å². The zero-order valence-corrected chi connectivity index (χ0v) is 15.3. The Morgan fingerprint density at radius 2 is 2.08 bits per heavy atom. The molecule has 1 amide bonds. The average molecular weight is 371 g/mol. The summed E-state index contributed by atoms with van der Waals surface area (Å²) in [6.07, 6.45) is 1.64. The molecule has 0 radical (unpaired) electrons. The summed E-state index contributed by atoms with van der Waals surface area (Å²) in [5.41, 5.74) is 0.459. The molecular formula is C15H19ClN4O3S. The van der Waals surface area contributed by atoms with Crippen LogP contribution in [0.4, 0.5) is 5.69 Å². The predicted molar refractivity (Wildman–Crippen MR) is 94.6 cm³/mol. The number of amides is 1. The van der Waals surface area contributed by atoms with Crippen LogP contribution >= 0.6 is 23.8 Å². The summed E-state index contributed by atoms with van der Waals surface area (Å²) in [6.45, 7) is 2.09. The number of aromatic amines is 1. The predicted octanol–water partition coefficient (Wildman–Crippen LogP) is 3.20. The van der Waals surface area contributed by atoms with E-state index in [0.29, 0.717) is 27.0 Å². The van der Waals surface area contributed by atoms with Crippen LogP contribution in [0.15, 0.2) is 12.1 Å². The van der Waals surface area contributed by atoms with Crippen LogP contribution in [0.3, 0.4) is 0 Å². The molecule has 9 heteroatoms. The molecular weight excluding hydrogens is 352 g/mol. The van der Waals surface area contributed by atoms with Crippen molar-refractivity contribution < 1.29 is 14.3 Å². The first-order valence-corrected chi connectivity index (χ1v) is 8.14. The number of halogens is 1. The second kappa shape index (κ2) is 8.16. The van der Waals surface area contributed by atoms with Crippen molar-refractivity contribution in [3.05, 3.63) is 27.8 Å². The summed E-state index contributed by atoms with van der Waals surface area (Å²) in [5.74, 6) is 1.41. The summed E-state index contributed by atoms with van der Waals surface area (Å²) in [5, 5.41) is 10.0. The third-order valence-corrected chi connectivity index (χ3v) is 3.97. The number of carbonyl (C=O) groups excluding carboxylic acids is 1. The summed E-state index contributed by atoms with van der Waals surface area (Å²) in [7, 11) is 3.01. The Kier molecular flexibility index (Phi) is 6.22. The molecule has 2 aromatic rings. The maximum atomic E-state index is 12.4. The van der Waals surface area contributed by atoms with Crippen molar-refractivity contribution in [2.24, 2.45) is 0 Å². The van der Waals surface area contributed by atoms with Gasteiger partial charge in [0.15, 0.2) is 4.77 Å². The number of methoxy groups -OCH3 is 2. The quantitative estimate of drug-likeness (QED) is 0.731. The highest BCUT2D eigenvalue weighted by Crippen LogP contribution is 2.35. The van der Waals surface area contributed by atoms with Gasteiger partial charge in [-0.05, 0) is 24.7 Å². The normalized spacial score (nSPS) is 10.5. The van der Waals surface area contributed by atoms with Crippen molar-refractivity contribution >= 4 is 35.4 Å². The maximum absolute atomic E-state index is 12.4. The molecule has 1 heterocycles. The first-order chi connectivity index (χ1) is 11.5. The molecule has 0 aliphatic heterocycles. The lowest BCUT2D eigenvalue weighted by Crippen LogP contribution is -2.20. The van der Waals surface area contributed by atoms with E-state index in [9.17, 15) is 4.79 Å². The Morgan fingerprint density at radius 3 is 2.71 bits per heavy atom. The van der Waals surface area contributed by atoms with Crippen LogP contribution < -0.4 is 14.8 Å². The van der Waals surface area contributed by atoms with E-state index < -0.39 is 0 Å². The van der Waals surface area contributed by atoms with Gasteiger partial charge in [0, 0.05) is 12.5 Å². The van der Waals surface area contributed by atoms with Crippen molar-refractivity contribution in [2.75, 3.05) is 19.5 Å². The van der Waals surface area contributed by atoms with Crippen LogP contribution in [0.25, 0.3) is 0 Å². The highest BCUT2D eigenvalue weighted by molar-refractivity contribution is 7.71. The molecule has 0 bridgehead atoms. The van der Waals surface area contributed by atoms with Gasteiger partial charge < -0.3 is 14.8 Å². The zero-order valence-electron chi connectivity index (χ0n) is 13.7. The van der Waals surface area contributed by atoms with E-state index in [1.54, 1.807) is 16.7 Å². The van der Waals surface area contributed by atoms with Crippen LogP contribution in [-0.2, 0) is 17.8 Å². The van der Waals surface area contributed by atoms with Gasteiger partial charge in [-0.25, -0.2) is 0 Å². The number of aryl methyl sites for hydroxylation is 1. The van der Waals surface area contributed by atoms with Gasteiger partial charge in [0.1, 0.15) is 23.9 Å². The molecule has 7 nitrogen and oxygen atoms in total. The molecule has 1 aromatic carbocycles. The fourth-order valence-corrected chi connectivity index (χ4v) is 2.68. The number of carbonyl (C=O) groups is 1. The van der Waals surface area contributed by atoms with Crippen LogP contribution in [0.1, 0.15) is 19.2 Å². The van der Waals surface area contributed by atoms with Gasteiger partial charge in [0.2, 0.25) is 5.91 Å². The Hall–Kier alpha value is -2.06. The van der Waals surface area contributed by atoms with Gasteiger partial charge in [-0.2, -0.15) is 5.10 Å². The Morgan fingerprint density at radius 1 is 1.38 bits per heavy atom. The molecule has 2 rings (SSSR count). The number of anilines is 1. The number of benzene rings is 1. The number of hydrogen-bond acceptors (Lipinski definition) is 5. The minimum Gasteiger partial charge on any atom is -0.495 e. The molecule has 0 saturated heterocycles. The minimum absolute atomic E-state index is 0.0530.